The Morgan fingerprint density at radius 2 is 1.67 bits per heavy atom. The lowest BCUT2D eigenvalue weighted by Gasteiger charge is -2.30. The minimum Gasteiger partial charge on any atom is -0.388 e. The highest BCUT2D eigenvalue weighted by atomic mass is 35.5. The van der Waals surface area contributed by atoms with Crippen molar-refractivity contribution in [3.05, 3.63) is 64.8 Å². The van der Waals surface area contributed by atoms with Gasteiger partial charge in [0, 0.05) is 46.5 Å². The molecule has 9 heteroatoms. The number of nitrogens with one attached hydrogen (secondary N) is 3. The number of anilines is 2. The van der Waals surface area contributed by atoms with E-state index in [0.717, 1.165) is 37.4 Å². The van der Waals surface area contributed by atoms with Crippen molar-refractivity contribution in [2.24, 2.45) is 0 Å². The summed E-state index contributed by atoms with van der Waals surface area (Å²) in [4.78, 5) is 16.3. The van der Waals surface area contributed by atoms with Crippen LogP contribution in [0, 0.1) is 0 Å². The SMILES string of the molecule is CNc1ccc(C(=O)N[C@H]2CC[C@@H](Nc3cc(C(F)(F)F)nc4ccc(Cl)cc34)CC2)cc1. The molecule has 1 aromatic heterocycles. The second kappa shape index (κ2) is 9.47. The zero-order valence-corrected chi connectivity index (χ0v) is 18.7. The van der Waals surface area contributed by atoms with Crippen molar-refractivity contribution in [1.29, 1.82) is 0 Å². The van der Waals surface area contributed by atoms with Crippen molar-refractivity contribution in [2.45, 2.75) is 43.9 Å². The molecule has 0 unspecified atom stereocenters. The molecular weight excluding hydrogens is 453 g/mol. The normalized spacial score (nSPS) is 18.7. The number of carbonyl (C=O) groups excluding carboxylic acids is 1. The van der Waals surface area contributed by atoms with E-state index in [1.165, 1.54) is 12.1 Å². The average molecular weight is 477 g/mol. The summed E-state index contributed by atoms with van der Waals surface area (Å²) in [7, 11) is 1.81. The Hall–Kier alpha value is -3.00. The van der Waals surface area contributed by atoms with E-state index in [0.29, 0.717) is 21.7 Å². The molecule has 0 radical (unpaired) electrons. The maximum absolute atomic E-state index is 13.3. The summed E-state index contributed by atoms with van der Waals surface area (Å²) in [5.74, 6) is -0.126. The van der Waals surface area contributed by atoms with E-state index in [4.69, 9.17) is 11.6 Å². The second-order valence-electron chi connectivity index (χ2n) is 8.21. The Morgan fingerprint density at radius 1 is 1.00 bits per heavy atom. The van der Waals surface area contributed by atoms with E-state index in [-0.39, 0.29) is 23.5 Å². The monoisotopic (exact) mass is 476 g/mol. The summed E-state index contributed by atoms with van der Waals surface area (Å²) in [6.45, 7) is 0. The standard InChI is InChI=1S/C24H24ClF3N4O/c1-29-16-5-2-14(3-6-16)23(33)31-18-9-7-17(8-10-18)30-21-13-22(24(26,27)28)32-20-11-4-15(25)12-19(20)21/h2-6,11-13,17-18,29H,7-10H2,1H3,(H,30,32)(H,31,33)/t17-,18+. The Morgan fingerprint density at radius 3 is 2.30 bits per heavy atom. The van der Waals surface area contributed by atoms with Crippen LogP contribution < -0.4 is 16.0 Å². The summed E-state index contributed by atoms with van der Waals surface area (Å²) in [5, 5.41) is 10.3. The first-order chi connectivity index (χ1) is 15.7. The van der Waals surface area contributed by atoms with Crippen LogP contribution in [-0.4, -0.2) is 30.0 Å². The van der Waals surface area contributed by atoms with Gasteiger partial charge in [-0.25, -0.2) is 4.98 Å². The van der Waals surface area contributed by atoms with E-state index in [2.05, 4.69) is 20.9 Å². The number of aromatic nitrogens is 1. The minimum atomic E-state index is -4.54. The highest BCUT2D eigenvalue weighted by molar-refractivity contribution is 6.31. The molecule has 0 saturated heterocycles. The number of benzene rings is 2. The van der Waals surface area contributed by atoms with Gasteiger partial charge >= 0.3 is 6.18 Å². The minimum absolute atomic E-state index is 0.0151. The largest absolute Gasteiger partial charge is 0.433 e. The Balaban J connectivity index is 1.42. The molecule has 0 atom stereocenters. The predicted molar refractivity (Wildman–Crippen MR) is 125 cm³/mol. The molecule has 0 bridgehead atoms. The van der Waals surface area contributed by atoms with Gasteiger partial charge in [-0.05, 0) is 74.2 Å². The fraction of sp³-hybridized carbons (Fsp3) is 0.333. The van der Waals surface area contributed by atoms with Gasteiger partial charge in [-0.15, -0.1) is 0 Å². The van der Waals surface area contributed by atoms with E-state index in [1.807, 2.05) is 19.2 Å². The molecule has 174 valence electrons. The summed E-state index contributed by atoms with van der Waals surface area (Å²) in [5.41, 5.74) is 1.18. The van der Waals surface area contributed by atoms with E-state index in [9.17, 15) is 18.0 Å². The number of hydrogen-bond acceptors (Lipinski definition) is 4. The third kappa shape index (κ3) is 5.50. The summed E-state index contributed by atoms with van der Waals surface area (Å²) in [6.07, 6.45) is -1.65. The second-order valence-corrected chi connectivity index (χ2v) is 8.64. The van der Waals surface area contributed by atoms with Crippen molar-refractivity contribution >= 4 is 39.8 Å². The maximum Gasteiger partial charge on any atom is 0.433 e. The van der Waals surface area contributed by atoms with Gasteiger partial charge in [0.2, 0.25) is 0 Å². The van der Waals surface area contributed by atoms with Crippen molar-refractivity contribution in [1.82, 2.24) is 10.3 Å². The molecule has 1 saturated carbocycles. The number of nitrogens with zero attached hydrogens (tertiary/aromatic N) is 1. The molecule has 0 spiro atoms. The molecule has 2 aromatic carbocycles. The molecule has 1 fully saturated rings. The zero-order chi connectivity index (χ0) is 23.6. The van der Waals surface area contributed by atoms with E-state index >= 15 is 0 Å². The van der Waals surface area contributed by atoms with Crippen molar-refractivity contribution in [2.75, 3.05) is 17.7 Å². The number of rotatable bonds is 5. The fourth-order valence-electron chi connectivity index (χ4n) is 4.12. The fourth-order valence-corrected chi connectivity index (χ4v) is 4.29. The smallest absolute Gasteiger partial charge is 0.388 e. The molecule has 0 aliphatic heterocycles. The zero-order valence-electron chi connectivity index (χ0n) is 18.0. The van der Waals surface area contributed by atoms with Crippen LogP contribution in [0.2, 0.25) is 5.02 Å². The highest BCUT2D eigenvalue weighted by Crippen LogP contribution is 2.35. The van der Waals surface area contributed by atoms with Crippen LogP contribution >= 0.6 is 11.6 Å². The van der Waals surface area contributed by atoms with Gasteiger partial charge in [-0.3, -0.25) is 4.79 Å². The number of amides is 1. The van der Waals surface area contributed by atoms with Gasteiger partial charge in [0.15, 0.2) is 0 Å². The van der Waals surface area contributed by atoms with Gasteiger partial charge in [-0.2, -0.15) is 13.2 Å². The summed E-state index contributed by atoms with van der Waals surface area (Å²) < 4.78 is 40.0. The molecule has 33 heavy (non-hydrogen) atoms. The van der Waals surface area contributed by atoms with Crippen molar-refractivity contribution in [3.63, 3.8) is 0 Å². The predicted octanol–water partition coefficient (Wildman–Crippen LogP) is 6.10. The van der Waals surface area contributed by atoms with Gasteiger partial charge < -0.3 is 16.0 Å². The van der Waals surface area contributed by atoms with Gasteiger partial charge in [-0.1, -0.05) is 11.6 Å². The van der Waals surface area contributed by atoms with Crippen LogP contribution in [0.5, 0.6) is 0 Å². The topological polar surface area (TPSA) is 66.1 Å². The average Bonchev–Trinajstić information content (AvgIpc) is 2.80. The van der Waals surface area contributed by atoms with Crippen molar-refractivity contribution in [3.8, 4) is 0 Å². The number of halogens is 4. The third-order valence-corrected chi connectivity index (χ3v) is 6.15. The Labute approximate surface area is 194 Å². The first-order valence-electron chi connectivity index (χ1n) is 10.8. The molecule has 3 aromatic rings. The lowest BCUT2D eigenvalue weighted by Crippen LogP contribution is -2.40. The molecule has 5 nitrogen and oxygen atoms in total. The van der Waals surface area contributed by atoms with E-state index in [1.54, 1.807) is 18.2 Å². The summed E-state index contributed by atoms with van der Waals surface area (Å²) >= 11 is 6.08. The van der Waals surface area contributed by atoms with Crippen LogP contribution in [0.15, 0.2) is 48.5 Å². The maximum atomic E-state index is 13.3. The first-order valence-corrected chi connectivity index (χ1v) is 11.1. The van der Waals surface area contributed by atoms with Crippen molar-refractivity contribution < 1.29 is 18.0 Å². The molecule has 1 aliphatic rings. The molecular formula is C24H24ClF3N4O. The van der Waals surface area contributed by atoms with Gasteiger partial charge in [0.05, 0.1) is 5.52 Å². The molecule has 3 N–H and O–H groups in total. The Kier molecular flexibility index (Phi) is 6.65. The Bertz CT molecular complexity index is 1140. The van der Waals surface area contributed by atoms with E-state index < -0.39 is 11.9 Å². The lowest BCUT2D eigenvalue weighted by atomic mass is 9.90. The quantitative estimate of drug-likeness (QED) is 0.416. The highest BCUT2D eigenvalue weighted by Gasteiger charge is 2.34. The van der Waals surface area contributed by atoms with Crippen LogP contribution in [0.25, 0.3) is 10.9 Å². The van der Waals surface area contributed by atoms with Crippen LogP contribution in [0.1, 0.15) is 41.7 Å². The molecule has 1 heterocycles. The number of alkyl halides is 3. The molecule has 1 aliphatic carbocycles. The van der Waals surface area contributed by atoms with Crippen LogP contribution in [-0.2, 0) is 6.18 Å². The third-order valence-electron chi connectivity index (χ3n) is 5.92. The molecule has 1 amide bonds. The lowest BCUT2D eigenvalue weighted by molar-refractivity contribution is -0.140. The number of fused-ring (bicyclic) bond motifs is 1. The first kappa shape index (κ1) is 23.2. The number of carbonyl (C=O) groups is 1. The summed E-state index contributed by atoms with van der Waals surface area (Å²) in [6, 6.07) is 12.9. The van der Waals surface area contributed by atoms with Crippen LogP contribution in [0.3, 0.4) is 0 Å². The van der Waals surface area contributed by atoms with Crippen LogP contribution in [0.4, 0.5) is 24.5 Å². The van der Waals surface area contributed by atoms with Gasteiger partial charge in [0.25, 0.3) is 5.91 Å². The number of pyridine rings is 1. The number of hydrogen-bond donors (Lipinski definition) is 3. The molecule has 4 rings (SSSR count). The van der Waals surface area contributed by atoms with Gasteiger partial charge in [0.1, 0.15) is 5.69 Å².